The SMILES string of the molecule is CCCCCCCCCCCCCOCCOCCOCCOCCOCCO[SiH](CCCS)OCCOCCOCCOCCOCCOCCCCCCCCCCCCC. The van der Waals surface area contributed by atoms with E-state index in [0.717, 1.165) is 44.3 Å². The second kappa shape index (κ2) is 60.1. The Kier molecular flexibility index (Phi) is 60.2. The van der Waals surface area contributed by atoms with Crippen LogP contribution >= 0.6 is 12.6 Å². The zero-order chi connectivity index (χ0) is 45.3. The van der Waals surface area contributed by atoms with Crippen LogP contribution in [0.15, 0.2) is 0 Å². The van der Waals surface area contributed by atoms with Crippen LogP contribution in [0.4, 0.5) is 0 Å². The Labute approximate surface area is 395 Å². The molecule has 14 heteroatoms. The van der Waals surface area contributed by atoms with Crippen molar-refractivity contribution in [2.24, 2.45) is 0 Å². The minimum Gasteiger partial charge on any atom is -0.394 e. The molecule has 0 saturated carbocycles. The van der Waals surface area contributed by atoms with E-state index in [-0.39, 0.29) is 0 Å². The number of rotatable bonds is 59. The molecule has 0 bridgehead atoms. The lowest BCUT2D eigenvalue weighted by Gasteiger charge is -2.17. The van der Waals surface area contributed by atoms with Gasteiger partial charge in [-0.15, -0.1) is 0 Å². The fraction of sp³-hybridized carbons (Fsp3) is 1.00. The molecule has 0 aromatic heterocycles. The summed E-state index contributed by atoms with van der Waals surface area (Å²) in [5, 5.41) is 0. The summed E-state index contributed by atoms with van der Waals surface area (Å²) in [5.41, 5.74) is 0. The maximum Gasteiger partial charge on any atom is 0.321 e. The summed E-state index contributed by atoms with van der Waals surface area (Å²) in [6.07, 6.45) is 30.7. The Hall–Kier alpha value is 0.0869. The van der Waals surface area contributed by atoms with Gasteiger partial charge in [-0.1, -0.05) is 142 Å². The lowest BCUT2D eigenvalue weighted by atomic mass is 10.1. The van der Waals surface area contributed by atoms with Gasteiger partial charge in [-0.2, -0.15) is 12.6 Å². The second-order valence-electron chi connectivity index (χ2n) is 16.2. The van der Waals surface area contributed by atoms with E-state index in [4.69, 9.17) is 56.2 Å². The molecule has 0 amide bonds. The minimum absolute atomic E-state index is 0.507. The predicted molar refractivity (Wildman–Crippen MR) is 263 cm³/mol. The third-order valence-electron chi connectivity index (χ3n) is 10.4. The third-order valence-corrected chi connectivity index (χ3v) is 12.8. The molecule has 0 N–H and O–H groups in total. The van der Waals surface area contributed by atoms with E-state index in [0.29, 0.717) is 132 Å². The summed E-state index contributed by atoms with van der Waals surface area (Å²) in [6, 6.07) is 0.909. The summed E-state index contributed by atoms with van der Waals surface area (Å²) in [4.78, 5) is 0. The first-order valence-corrected chi connectivity index (χ1v) is 28.4. The summed E-state index contributed by atoms with van der Waals surface area (Å²) >= 11 is 4.35. The van der Waals surface area contributed by atoms with Crippen LogP contribution in [-0.2, 0) is 56.2 Å². The Morgan fingerprint density at radius 3 is 0.683 bits per heavy atom. The molecule has 0 spiro atoms. The zero-order valence-electron chi connectivity index (χ0n) is 41.2. The highest BCUT2D eigenvalue weighted by Gasteiger charge is 2.13. The fourth-order valence-corrected chi connectivity index (χ4v) is 8.86. The summed E-state index contributed by atoms with van der Waals surface area (Å²) in [6.45, 7) is 17.2. The van der Waals surface area contributed by atoms with Crippen LogP contribution in [0.3, 0.4) is 0 Å². The summed E-state index contributed by atoms with van der Waals surface area (Å²) in [5.74, 6) is 0.814. The van der Waals surface area contributed by atoms with Gasteiger partial charge in [0.15, 0.2) is 0 Å². The Morgan fingerprint density at radius 1 is 0.238 bits per heavy atom. The van der Waals surface area contributed by atoms with E-state index in [1.54, 1.807) is 0 Å². The number of ether oxygens (including phenoxy) is 10. The predicted octanol–water partition coefficient (Wildman–Crippen LogP) is 10.3. The van der Waals surface area contributed by atoms with Gasteiger partial charge < -0.3 is 56.2 Å². The molecule has 0 aliphatic carbocycles. The Morgan fingerprint density at radius 2 is 0.444 bits per heavy atom. The Bertz CT molecular complexity index is 739. The topological polar surface area (TPSA) is 111 Å². The average molecular weight is 943 g/mol. The normalized spacial score (nSPS) is 11.8. The molecule has 0 saturated heterocycles. The minimum atomic E-state index is -1.80. The molecule has 0 aliphatic heterocycles. The van der Waals surface area contributed by atoms with E-state index in [2.05, 4.69) is 26.5 Å². The molecule has 0 fully saturated rings. The number of thiol groups is 1. The van der Waals surface area contributed by atoms with Crippen LogP contribution in [0.2, 0.25) is 6.04 Å². The Balaban J connectivity index is 3.36. The highest BCUT2D eigenvalue weighted by molar-refractivity contribution is 7.80. The van der Waals surface area contributed by atoms with Gasteiger partial charge in [-0.3, -0.25) is 0 Å². The smallest absolute Gasteiger partial charge is 0.321 e. The number of hydrogen-bond donors (Lipinski definition) is 1. The molecule has 0 rings (SSSR count). The van der Waals surface area contributed by atoms with E-state index in [1.165, 1.54) is 128 Å². The molecule has 0 radical (unpaired) electrons. The molecular weight excluding hydrogens is 841 g/mol. The van der Waals surface area contributed by atoms with Crippen molar-refractivity contribution in [2.45, 2.75) is 168 Å². The first-order valence-electron chi connectivity index (χ1n) is 26.0. The van der Waals surface area contributed by atoms with Gasteiger partial charge in [-0.05, 0) is 31.1 Å². The highest BCUT2D eigenvalue weighted by atomic mass is 32.1. The molecule has 0 heterocycles. The molecule has 0 aromatic rings. The first kappa shape index (κ1) is 63.1. The lowest BCUT2D eigenvalue weighted by Crippen LogP contribution is -2.27. The lowest BCUT2D eigenvalue weighted by molar-refractivity contribution is -0.0151. The van der Waals surface area contributed by atoms with Gasteiger partial charge in [0.25, 0.3) is 0 Å². The van der Waals surface area contributed by atoms with Gasteiger partial charge in [0, 0.05) is 13.2 Å². The molecule has 63 heavy (non-hydrogen) atoms. The zero-order valence-corrected chi connectivity index (χ0v) is 43.2. The summed E-state index contributed by atoms with van der Waals surface area (Å²) < 4.78 is 68.3. The van der Waals surface area contributed by atoms with Crippen LogP contribution in [0.25, 0.3) is 0 Å². The molecule has 0 atom stereocenters. The summed E-state index contributed by atoms with van der Waals surface area (Å²) in [7, 11) is -1.80. The molecule has 0 aliphatic rings. The maximum absolute atomic E-state index is 6.03. The first-order chi connectivity index (χ1) is 31.3. The van der Waals surface area contributed by atoms with Crippen molar-refractivity contribution < 1.29 is 56.2 Å². The van der Waals surface area contributed by atoms with Gasteiger partial charge in [0.1, 0.15) is 0 Å². The van der Waals surface area contributed by atoms with Crippen LogP contribution in [-0.4, -0.2) is 160 Å². The molecular formula is C49H102O12SSi. The monoisotopic (exact) mass is 943 g/mol. The maximum atomic E-state index is 6.03. The standard InChI is InChI=1S/C49H102O12SSi/c1-3-5-7-9-11-13-15-17-19-21-23-26-50-28-30-52-32-34-54-36-38-56-40-42-58-44-46-60-63(49-25-48-62)61-47-45-59-43-41-57-39-37-55-35-33-53-31-29-51-27-24-22-20-18-16-14-12-10-8-6-4-2/h62-63H,3-49H2,1-2H3. The van der Waals surface area contributed by atoms with Crippen molar-refractivity contribution in [1.29, 1.82) is 0 Å². The molecule has 0 aromatic carbocycles. The second-order valence-corrected chi connectivity index (χ2v) is 18.8. The van der Waals surface area contributed by atoms with Crippen molar-refractivity contribution in [3.63, 3.8) is 0 Å². The van der Waals surface area contributed by atoms with Crippen molar-refractivity contribution in [3.8, 4) is 0 Å². The quantitative estimate of drug-likeness (QED) is 0.0356. The molecule has 380 valence electrons. The number of hydrogen-bond acceptors (Lipinski definition) is 13. The third kappa shape index (κ3) is 58.2. The average Bonchev–Trinajstić information content (AvgIpc) is 3.29. The van der Waals surface area contributed by atoms with Crippen molar-refractivity contribution >= 4 is 21.9 Å². The van der Waals surface area contributed by atoms with E-state index < -0.39 is 9.28 Å². The van der Waals surface area contributed by atoms with Crippen LogP contribution in [0.1, 0.15) is 162 Å². The van der Waals surface area contributed by atoms with Crippen molar-refractivity contribution in [3.05, 3.63) is 0 Å². The van der Waals surface area contributed by atoms with E-state index in [9.17, 15) is 0 Å². The fourth-order valence-electron chi connectivity index (χ4n) is 6.65. The van der Waals surface area contributed by atoms with Gasteiger partial charge in [-0.25, -0.2) is 0 Å². The number of unbranched alkanes of at least 4 members (excludes halogenated alkanes) is 20. The van der Waals surface area contributed by atoms with Gasteiger partial charge in [0.2, 0.25) is 0 Å². The van der Waals surface area contributed by atoms with Crippen LogP contribution in [0.5, 0.6) is 0 Å². The molecule has 0 unspecified atom stereocenters. The highest BCUT2D eigenvalue weighted by Crippen LogP contribution is 2.12. The van der Waals surface area contributed by atoms with Crippen molar-refractivity contribution in [1.82, 2.24) is 0 Å². The van der Waals surface area contributed by atoms with E-state index in [1.807, 2.05) is 0 Å². The van der Waals surface area contributed by atoms with Gasteiger partial charge in [0.05, 0.1) is 132 Å². The van der Waals surface area contributed by atoms with Crippen LogP contribution < -0.4 is 0 Å². The largest absolute Gasteiger partial charge is 0.394 e. The van der Waals surface area contributed by atoms with Crippen molar-refractivity contribution in [2.75, 3.05) is 151 Å². The van der Waals surface area contributed by atoms with Crippen LogP contribution in [0, 0.1) is 0 Å². The van der Waals surface area contributed by atoms with E-state index >= 15 is 0 Å². The molecule has 12 nitrogen and oxygen atoms in total. The van der Waals surface area contributed by atoms with Gasteiger partial charge >= 0.3 is 9.28 Å².